The summed E-state index contributed by atoms with van der Waals surface area (Å²) in [5.74, 6) is 1.77. The van der Waals surface area contributed by atoms with Crippen LogP contribution >= 0.6 is 0 Å². The number of hydrogen-bond acceptors (Lipinski definition) is 6. The first-order valence-electron chi connectivity index (χ1n) is 8.75. The highest BCUT2D eigenvalue weighted by atomic mass is 16.2. The number of likely N-dealkylation sites (tertiary alicyclic amines) is 1. The number of fused-ring (bicyclic) bond motifs is 1. The molecule has 2 aromatic rings. The molecule has 2 aliphatic rings. The summed E-state index contributed by atoms with van der Waals surface area (Å²) in [5.41, 5.74) is 1.47. The molecule has 128 valence electrons. The molecule has 2 aromatic heterocycles. The van der Waals surface area contributed by atoms with Gasteiger partial charge in [0.25, 0.3) is 0 Å². The molecule has 0 N–H and O–H groups in total. The van der Waals surface area contributed by atoms with E-state index in [0.29, 0.717) is 24.9 Å². The number of amides is 1. The van der Waals surface area contributed by atoms with E-state index in [1.807, 2.05) is 11.8 Å². The standard InChI is InChI=1S/C16H23N7O/c1-3-23-15-13(19-20-23)14(17-10-18-15)22-8-12(9-22)16(24)21-6-4-5-11(2)7-21/h10-12H,3-9H2,1-2H3. The summed E-state index contributed by atoms with van der Waals surface area (Å²) >= 11 is 0. The molecule has 0 aliphatic carbocycles. The summed E-state index contributed by atoms with van der Waals surface area (Å²) in [6, 6.07) is 0. The Hall–Kier alpha value is -2.25. The smallest absolute Gasteiger partial charge is 0.229 e. The van der Waals surface area contributed by atoms with Crippen LogP contribution in [0.5, 0.6) is 0 Å². The van der Waals surface area contributed by atoms with Crippen LogP contribution in [0, 0.1) is 11.8 Å². The molecule has 0 radical (unpaired) electrons. The summed E-state index contributed by atoms with van der Waals surface area (Å²) in [6.07, 6.45) is 3.90. The molecule has 4 rings (SSSR count). The molecule has 2 fully saturated rings. The van der Waals surface area contributed by atoms with E-state index in [1.165, 1.54) is 6.42 Å². The minimum Gasteiger partial charge on any atom is -0.353 e. The van der Waals surface area contributed by atoms with E-state index < -0.39 is 0 Å². The Kier molecular flexibility index (Phi) is 3.82. The van der Waals surface area contributed by atoms with Crippen molar-refractivity contribution in [2.45, 2.75) is 33.2 Å². The molecule has 8 nitrogen and oxygen atoms in total. The Balaban J connectivity index is 1.46. The second-order valence-corrected chi connectivity index (χ2v) is 6.91. The van der Waals surface area contributed by atoms with Gasteiger partial charge in [-0.25, -0.2) is 14.6 Å². The second kappa shape index (κ2) is 5.99. The van der Waals surface area contributed by atoms with Crippen LogP contribution in [-0.4, -0.2) is 61.9 Å². The summed E-state index contributed by atoms with van der Waals surface area (Å²) in [6.45, 7) is 8.17. The molecule has 1 atom stereocenters. The Morgan fingerprint density at radius 1 is 1.29 bits per heavy atom. The number of anilines is 1. The van der Waals surface area contributed by atoms with Crippen LogP contribution in [0.4, 0.5) is 5.82 Å². The normalized spacial score (nSPS) is 22.0. The number of carbonyl (C=O) groups is 1. The number of nitrogens with zero attached hydrogens (tertiary/aromatic N) is 7. The highest BCUT2D eigenvalue weighted by molar-refractivity contribution is 5.86. The highest BCUT2D eigenvalue weighted by Crippen LogP contribution is 2.29. The van der Waals surface area contributed by atoms with Gasteiger partial charge in [-0.05, 0) is 25.7 Å². The van der Waals surface area contributed by atoms with Crippen molar-refractivity contribution in [3.8, 4) is 0 Å². The number of hydrogen-bond donors (Lipinski definition) is 0. The van der Waals surface area contributed by atoms with Gasteiger partial charge in [0.05, 0.1) is 5.92 Å². The first-order valence-corrected chi connectivity index (χ1v) is 8.75. The largest absolute Gasteiger partial charge is 0.353 e. The first-order chi connectivity index (χ1) is 11.7. The van der Waals surface area contributed by atoms with E-state index in [0.717, 1.165) is 43.0 Å². The average Bonchev–Trinajstić information content (AvgIpc) is 2.97. The minimum atomic E-state index is 0.0709. The second-order valence-electron chi connectivity index (χ2n) is 6.91. The van der Waals surface area contributed by atoms with Gasteiger partial charge in [-0.1, -0.05) is 12.1 Å². The van der Waals surface area contributed by atoms with Crippen molar-refractivity contribution < 1.29 is 4.79 Å². The summed E-state index contributed by atoms with van der Waals surface area (Å²) < 4.78 is 1.76. The Bertz CT molecular complexity index is 752. The van der Waals surface area contributed by atoms with Crippen LogP contribution in [0.2, 0.25) is 0 Å². The molecule has 0 saturated carbocycles. The van der Waals surface area contributed by atoms with Gasteiger partial charge in [0.15, 0.2) is 17.0 Å². The molecule has 4 heterocycles. The van der Waals surface area contributed by atoms with Crippen LogP contribution in [0.3, 0.4) is 0 Å². The molecule has 1 amide bonds. The fraction of sp³-hybridized carbons (Fsp3) is 0.688. The monoisotopic (exact) mass is 329 g/mol. The number of aromatic nitrogens is 5. The van der Waals surface area contributed by atoms with Crippen molar-refractivity contribution in [1.82, 2.24) is 29.9 Å². The highest BCUT2D eigenvalue weighted by Gasteiger charge is 2.38. The lowest BCUT2D eigenvalue weighted by atomic mass is 9.94. The van der Waals surface area contributed by atoms with Crippen molar-refractivity contribution >= 4 is 22.9 Å². The van der Waals surface area contributed by atoms with E-state index in [-0.39, 0.29) is 5.92 Å². The molecule has 0 spiro atoms. The van der Waals surface area contributed by atoms with E-state index in [2.05, 4.69) is 32.1 Å². The van der Waals surface area contributed by atoms with Gasteiger partial charge in [0, 0.05) is 32.7 Å². The fourth-order valence-corrected chi connectivity index (χ4v) is 3.68. The number of carbonyl (C=O) groups excluding carboxylic acids is 1. The average molecular weight is 329 g/mol. The van der Waals surface area contributed by atoms with Gasteiger partial charge in [0.2, 0.25) is 5.91 Å². The minimum absolute atomic E-state index is 0.0709. The van der Waals surface area contributed by atoms with E-state index in [9.17, 15) is 4.79 Å². The Morgan fingerprint density at radius 3 is 2.88 bits per heavy atom. The number of aryl methyl sites for hydroxylation is 1. The SMILES string of the molecule is CCn1nnc2c(N3CC(C(=O)N4CCCC(C)C4)C3)ncnc21. The maximum absolute atomic E-state index is 12.7. The molecular weight excluding hydrogens is 306 g/mol. The van der Waals surface area contributed by atoms with Crippen molar-refractivity contribution in [2.75, 3.05) is 31.1 Å². The molecule has 0 aromatic carbocycles. The van der Waals surface area contributed by atoms with Crippen molar-refractivity contribution in [3.63, 3.8) is 0 Å². The van der Waals surface area contributed by atoms with Crippen LogP contribution in [0.1, 0.15) is 26.7 Å². The van der Waals surface area contributed by atoms with Gasteiger partial charge in [-0.3, -0.25) is 4.79 Å². The van der Waals surface area contributed by atoms with Crippen molar-refractivity contribution in [2.24, 2.45) is 11.8 Å². The molecule has 2 aliphatic heterocycles. The van der Waals surface area contributed by atoms with Crippen molar-refractivity contribution in [1.29, 1.82) is 0 Å². The van der Waals surface area contributed by atoms with Gasteiger partial charge in [0.1, 0.15) is 6.33 Å². The predicted octanol–water partition coefficient (Wildman–Crippen LogP) is 0.936. The first kappa shape index (κ1) is 15.3. The third-order valence-corrected chi connectivity index (χ3v) is 5.08. The molecule has 2 saturated heterocycles. The molecule has 0 bridgehead atoms. The summed E-state index contributed by atoms with van der Waals surface area (Å²) in [4.78, 5) is 25.4. The third kappa shape index (κ3) is 2.50. The summed E-state index contributed by atoms with van der Waals surface area (Å²) in [7, 11) is 0. The maximum atomic E-state index is 12.7. The Labute approximate surface area is 140 Å². The van der Waals surface area contributed by atoms with E-state index >= 15 is 0 Å². The lowest BCUT2D eigenvalue weighted by Gasteiger charge is -2.42. The van der Waals surface area contributed by atoms with Crippen LogP contribution in [0.15, 0.2) is 6.33 Å². The van der Waals surface area contributed by atoms with Crippen molar-refractivity contribution in [3.05, 3.63) is 6.33 Å². The zero-order valence-electron chi connectivity index (χ0n) is 14.2. The molecule has 1 unspecified atom stereocenters. The zero-order valence-corrected chi connectivity index (χ0v) is 14.2. The summed E-state index contributed by atoms with van der Waals surface area (Å²) in [5, 5.41) is 8.33. The number of piperidine rings is 1. The number of rotatable bonds is 3. The molecule has 24 heavy (non-hydrogen) atoms. The maximum Gasteiger partial charge on any atom is 0.229 e. The van der Waals surface area contributed by atoms with Crippen LogP contribution in [-0.2, 0) is 11.3 Å². The zero-order chi connectivity index (χ0) is 16.7. The van der Waals surface area contributed by atoms with Gasteiger partial charge in [-0.15, -0.1) is 5.10 Å². The quantitative estimate of drug-likeness (QED) is 0.833. The van der Waals surface area contributed by atoms with Gasteiger partial charge in [-0.2, -0.15) is 0 Å². The molecule has 8 heteroatoms. The van der Waals surface area contributed by atoms with Crippen LogP contribution < -0.4 is 4.90 Å². The predicted molar refractivity (Wildman–Crippen MR) is 89.5 cm³/mol. The topological polar surface area (TPSA) is 80.0 Å². The van der Waals surface area contributed by atoms with Gasteiger partial charge >= 0.3 is 0 Å². The Morgan fingerprint density at radius 2 is 2.12 bits per heavy atom. The van der Waals surface area contributed by atoms with Crippen LogP contribution in [0.25, 0.3) is 11.2 Å². The van der Waals surface area contributed by atoms with Gasteiger partial charge < -0.3 is 9.80 Å². The lowest BCUT2D eigenvalue weighted by molar-refractivity contribution is -0.138. The van der Waals surface area contributed by atoms with E-state index in [4.69, 9.17) is 0 Å². The molecular formula is C16H23N7O. The van der Waals surface area contributed by atoms with E-state index in [1.54, 1.807) is 11.0 Å². The lowest BCUT2D eigenvalue weighted by Crippen LogP contribution is -2.56. The fourth-order valence-electron chi connectivity index (χ4n) is 3.68. The third-order valence-electron chi connectivity index (χ3n) is 5.08.